The zero-order valence-corrected chi connectivity index (χ0v) is 20.6. The first kappa shape index (κ1) is 24.0. The fraction of sp³-hybridized carbons (Fsp3) is 0.346. The highest BCUT2D eigenvalue weighted by Crippen LogP contribution is 2.26. The Bertz CT molecular complexity index is 1180. The number of hydrogen-bond donors (Lipinski definition) is 2. The lowest BCUT2D eigenvalue weighted by Gasteiger charge is -2.28. The number of anilines is 1. The van der Waals surface area contributed by atoms with Gasteiger partial charge >= 0.3 is 0 Å². The van der Waals surface area contributed by atoms with Crippen LogP contribution in [0.3, 0.4) is 0 Å². The van der Waals surface area contributed by atoms with Gasteiger partial charge in [0.15, 0.2) is 0 Å². The highest BCUT2D eigenvalue weighted by Gasteiger charge is 2.24. The smallest absolute Gasteiger partial charge is 0.252 e. The highest BCUT2D eigenvalue weighted by molar-refractivity contribution is 7.98. The summed E-state index contributed by atoms with van der Waals surface area (Å²) in [6, 6.07) is 15.0. The van der Waals surface area contributed by atoms with Gasteiger partial charge in [0, 0.05) is 22.7 Å². The Morgan fingerprint density at radius 1 is 1.21 bits per heavy atom. The number of aryl methyl sites for hydroxylation is 1. The van der Waals surface area contributed by atoms with E-state index >= 15 is 0 Å². The van der Waals surface area contributed by atoms with Crippen molar-refractivity contribution in [2.24, 2.45) is 5.92 Å². The predicted octanol–water partition coefficient (Wildman–Crippen LogP) is 4.58. The molecule has 2 heterocycles. The van der Waals surface area contributed by atoms with Gasteiger partial charge in [0.2, 0.25) is 11.8 Å². The van der Waals surface area contributed by atoms with Crippen molar-refractivity contribution >= 4 is 29.3 Å². The van der Waals surface area contributed by atoms with E-state index in [1.807, 2.05) is 68.8 Å². The molecule has 34 heavy (non-hydrogen) atoms. The molecule has 178 valence electrons. The van der Waals surface area contributed by atoms with Crippen LogP contribution < -0.4 is 10.6 Å². The van der Waals surface area contributed by atoms with Gasteiger partial charge in [-0.2, -0.15) is 0 Å². The topological polar surface area (TPSA) is 87.5 Å². The Kier molecular flexibility index (Phi) is 7.70. The van der Waals surface area contributed by atoms with Crippen LogP contribution in [0.4, 0.5) is 5.69 Å². The molecule has 2 N–H and O–H groups in total. The second-order valence-corrected chi connectivity index (χ2v) is 9.42. The number of carbonyl (C=O) groups is 2. The average molecular weight is 479 g/mol. The van der Waals surface area contributed by atoms with Crippen LogP contribution in [0.1, 0.15) is 34.7 Å². The van der Waals surface area contributed by atoms with E-state index in [4.69, 9.17) is 4.42 Å². The minimum atomic E-state index is -0.146. The minimum absolute atomic E-state index is 0.00200. The number of oxazole rings is 1. The summed E-state index contributed by atoms with van der Waals surface area (Å²) in [5.74, 6) is 0.999. The van der Waals surface area contributed by atoms with Gasteiger partial charge in [-0.05, 0) is 69.9 Å². The Hall–Kier alpha value is -3.10. The summed E-state index contributed by atoms with van der Waals surface area (Å²) in [6.07, 6.45) is 3.89. The summed E-state index contributed by atoms with van der Waals surface area (Å²) in [7, 11) is 2.05. The first-order valence-corrected chi connectivity index (χ1v) is 12.6. The summed E-state index contributed by atoms with van der Waals surface area (Å²) < 4.78 is 5.89. The predicted molar refractivity (Wildman–Crippen MR) is 135 cm³/mol. The molecular weight excluding hydrogens is 448 g/mol. The monoisotopic (exact) mass is 478 g/mol. The standard InChI is InChI=1S/C26H30N4O3S/c1-17-22(15-27-25(32)21-11-4-5-12-23(21)34-3)29-26(33-17)18-8-6-10-20(14-18)28-24(31)19-9-7-13-30(2)16-19/h4-6,8,10-12,14,19H,7,9,13,15-16H2,1-3H3,(H,27,32)(H,28,31). The lowest BCUT2D eigenvalue weighted by molar-refractivity contribution is -0.121. The van der Waals surface area contributed by atoms with Crippen LogP contribution in [0.25, 0.3) is 11.5 Å². The third-order valence-electron chi connectivity index (χ3n) is 6.03. The summed E-state index contributed by atoms with van der Waals surface area (Å²) in [6.45, 7) is 3.91. The van der Waals surface area contributed by atoms with Crippen molar-refractivity contribution in [3.63, 3.8) is 0 Å². The molecule has 2 amide bonds. The number of piperidine rings is 1. The SMILES string of the molecule is CSc1ccccc1C(=O)NCc1nc(-c2cccc(NC(=O)C3CCCN(C)C3)c2)oc1C. The molecule has 0 aliphatic carbocycles. The first-order chi connectivity index (χ1) is 16.4. The number of nitrogens with zero attached hydrogens (tertiary/aromatic N) is 2. The van der Waals surface area contributed by atoms with Crippen molar-refractivity contribution in [1.82, 2.24) is 15.2 Å². The number of benzene rings is 2. The molecule has 1 unspecified atom stereocenters. The third-order valence-corrected chi connectivity index (χ3v) is 6.83. The van der Waals surface area contributed by atoms with E-state index in [2.05, 4.69) is 20.5 Å². The summed E-state index contributed by atoms with van der Waals surface area (Å²) >= 11 is 1.54. The second-order valence-electron chi connectivity index (χ2n) is 8.58. The Morgan fingerprint density at radius 3 is 2.82 bits per heavy atom. The van der Waals surface area contributed by atoms with Gasteiger partial charge in [-0.25, -0.2) is 4.98 Å². The molecule has 1 aliphatic heterocycles. The van der Waals surface area contributed by atoms with E-state index in [9.17, 15) is 9.59 Å². The number of amides is 2. The van der Waals surface area contributed by atoms with Crippen LogP contribution in [0, 0.1) is 12.8 Å². The van der Waals surface area contributed by atoms with Gasteiger partial charge in [0.1, 0.15) is 11.5 Å². The van der Waals surface area contributed by atoms with Crippen LogP contribution >= 0.6 is 11.8 Å². The van der Waals surface area contributed by atoms with Crippen LogP contribution in [-0.4, -0.2) is 48.1 Å². The van der Waals surface area contributed by atoms with Crippen molar-refractivity contribution in [1.29, 1.82) is 0 Å². The largest absolute Gasteiger partial charge is 0.441 e. The third kappa shape index (κ3) is 5.69. The second kappa shape index (κ2) is 10.9. The van der Waals surface area contributed by atoms with Gasteiger partial charge in [0.05, 0.1) is 18.0 Å². The highest BCUT2D eigenvalue weighted by atomic mass is 32.2. The Morgan fingerprint density at radius 2 is 2.03 bits per heavy atom. The molecule has 4 rings (SSSR count). The van der Waals surface area contributed by atoms with Crippen LogP contribution in [-0.2, 0) is 11.3 Å². The normalized spacial score (nSPS) is 16.3. The van der Waals surface area contributed by atoms with E-state index in [0.717, 1.165) is 42.1 Å². The van der Waals surface area contributed by atoms with Crippen molar-refractivity contribution in [2.75, 3.05) is 31.7 Å². The van der Waals surface area contributed by atoms with Gasteiger partial charge in [-0.3, -0.25) is 9.59 Å². The number of hydrogen-bond acceptors (Lipinski definition) is 6. The van der Waals surface area contributed by atoms with Gasteiger partial charge in [-0.15, -0.1) is 11.8 Å². The number of carbonyl (C=O) groups excluding carboxylic acids is 2. The van der Waals surface area contributed by atoms with E-state index in [0.29, 0.717) is 22.9 Å². The van der Waals surface area contributed by atoms with Gasteiger partial charge in [0.25, 0.3) is 5.91 Å². The molecule has 2 aromatic carbocycles. The molecule has 1 atom stereocenters. The molecule has 7 nitrogen and oxygen atoms in total. The molecule has 1 saturated heterocycles. The van der Waals surface area contributed by atoms with Crippen LogP contribution in [0.2, 0.25) is 0 Å². The maximum atomic E-state index is 12.7. The molecule has 0 radical (unpaired) electrons. The summed E-state index contributed by atoms with van der Waals surface area (Å²) in [5, 5.41) is 5.98. The molecule has 3 aromatic rings. The molecule has 1 aromatic heterocycles. The van der Waals surface area contributed by atoms with Crippen molar-refractivity contribution < 1.29 is 14.0 Å². The Balaban J connectivity index is 1.42. The lowest BCUT2D eigenvalue weighted by Crippen LogP contribution is -2.38. The van der Waals surface area contributed by atoms with Crippen LogP contribution in [0.5, 0.6) is 0 Å². The lowest BCUT2D eigenvalue weighted by atomic mass is 9.97. The zero-order chi connectivity index (χ0) is 24.1. The fourth-order valence-electron chi connectivity index (χ4n) is 4.16. The number of rotatable bonds is 7. The molecule has 1 aliphatic rings. The molecular formula is C26H30N4O3S. The fourth-order valence-corrected chi connectivity index (χ4v) is 4.76. The minimum Gasteiger partial charge on any atom is -0.441 e. The first-order valence-electron chi connectivity index (χ1n) is 11.4. The van der Waals surface area contributed by atoms with Crippen molar-refractivity contribution in [3.05, 3.63) is 65.5 Å². The molecule has 8 heteroatoms. The molecule has 1 fully saturated rings. The summed E-state index contributed by atoms with van der Waals surface area (Å²) in [5.41, 5.74) is 2.80. The number of aromatic nitrogens is 1. The maximum Gasteiger partial charge on any atom is 0.252 e. The van der Waals surface area contributed by atoms with Crippen molar-refractivity contribution in [2.45, 2.75) is 31.2 Å². The molecule has 0 spiro atoms. The van der Waals surface area contributed by atoms with Crippen molar-refractivity contribution in [3.8, 4) is 11.5 Å². The van der Waals surface area contributed by atoms with Gasteiger partial charge in [-0.1, -0.05) is 18.2 Å². The number of likely N-dealkylation sites (tertiary alicyclic amines) is 1. The zero-order valence-electron chi connectivity index (χ0n) is 19.8. The molecule has 0 saturated carbocycles. The number of nitrogens with one attached hydrogen (secondary N) is 2. The van der Waals surface area contributed by atoms with Crippen LogP contribution in [0.15, 0.2) is 57.8 Å². The quantitative estimate of drug-likeness (QED) is 0.483. The number of thioether (sulfide) groups is 1. The molecule has 0 bridgehead atoms. The van der Waals surface area contributed by atoms with E-state index < -0.39 is 0 Å². The Labute approximate surface area is 204 Å². The average Bonchev–Trinajstić information content (AvgIpc) is 3.23. The van der Waals surface area contributed by atoms with E-state index in [-0.39, 0.29) is 24.3 Å². The van der Waals surface area contributed by atoms with E-state index in [1.54, 1.807) is 0 Å². The van der Waals surface area contributed by atoms with E-state index in [1.165, 1.54) is 11.8 Å². The summed E-state index contributed by atoms with van der Waals surface area (Å²) in [4.78, 5) is 33.1. The van der Waals surface area contributed by atoms with Gasteiger partial charge < -0.3 is 20.0 Å². The maximum absolute atomic E-state index is 12.7.